The van der Waals surface area contributed by atoms with Crippen LogP contribution in [0.25, 0.3) is 0 Å². The molecule has 0 aliphatic carbocycles. The first-order valence-electron chi connectivity index (χ1n) is 19.0. The number of carboxylic acid groups (broad SMARTS) is 2. The van der Waals surface area contributed by atoms with Gasteiger partial charge in [-0.3, -0.25) is 9.59 Å². The van der Waals surface area contributed by atoms with Crippen LogP contribution in [-0.4, -0.2) is 33.7 Å². The lowest BCUT2D eigenvalue weighted by atomic mass is 10.0. The molecule has 0 aliphatic rings. The average Bonchev–Trinajstić information content (AvgIpc) is 3.02. The number of rotatable bonds is 30. The summed E-state index contributed by atoms with van der Waals surface area (Å²) in [4.78, 5) is 18.7. The molecule has 6 heteroatoms. The minimum atomic E-state index is -0.745. The Morgan fingerprint density at radius 3 is 0.591 bits per heavy atom. The van der Waals surface area contributed by atoms with E-state index in [4.69, 9.17) is 10.2 Å². The van der Waals surface area contributed by atoms with Crippen LogP contribution in [0.1, 0.15) is 220 Å². The monoisotopic (exact) mass is 665 g/mol. The van der Waals surface area contributed by atoms with Crippen LogP contribution in [0.15, 0.2) is 0 Å². The van der Waals surface area contributed by atoms with Crippen LogP contribution in [0.4, 0.5) is 0 Å². The minimum absolute atomic E-state index is 0.222. The predicted molar refractivity (Wildman–Crippen MR) is 204 cm³/mol. The molecule has 2 N–H and O–H groups in total. The van der Waals surface area contributed by atoms with Crippen LogP contribution < -0.4 is 0 Å². The zero-order valence-corrected chi connectivity index (χ0v) is 32.0. The maximum Gasteiger partial charge on any atom is 0.303 e. The summed E-state index contributed by atoms with van der Waals surface area (Å²) in [6.45, 7) is 7.77. The SMILES string of the molecule is CCC(=O)O.CCC(=O)O.CCCCCCCCCCCCCCCCS.CCCCCCCCCCCCCCCCS. The van der Waals surface area contributed by atoms with Crippen molar-refractivity contribution in [2.75, 3.05) is 11.5 Å². The van der Waals surface area contributed by atoms with E-state index >= 15 is 0 Å². The van der Waals surface area contributed by atoms with Crippen molar-refractivity contribution in [2.45, 2.75) is 220 Å². The molecule has 0 saturated heterocycles. The molecule has 0 atom stereocenters. The van der Waals surface area contributed by atoms with Crippen LogP contribution in [-0.2, 0) is 9.59 Å². The van der Waals surface area contributed by atoms with Crippen LogP contribution in [0.5, 0.6) is 0 Å². The first kappa shape index (κ1) is 50.5. The Bertz CT molecular complexity index is 431. The molecular formula is C38H80O4S2. The maximum absolute atomic E-state index is 9.37. The first-order valence-corrected chi connectivity index (χ1v) is 20.3. The maximum atomic E-state index is 9.37. The molecule has 268 valence electrons. The largest absolute Gasteiger partial charge is 0.481 e. The highest BCUT2D eigenvalue weighted by Gasteiger charge is 1.95. The van der Waals surface area contributed by atoms with Crippen molar-refractivity contribution < 1.29 is 19.8 Å². The molecule has 0 radical (unpaired) electrons. The van der Waals surface area contributed by atoms with Crippen molar-refractivity contribution in [1.29, 1.82) is 0 Å². The highest BCUT2D eigenvalue weighted by atomic mass is 32.1. The van der Waals surface area contributed by atoms with Crippen LogP contribution in [0.2, 0.25) is 0 Å². The molecule has 0 fully saturated rings. The van der Waals surface area contributed by atoms with E-state index in [0.29, 0.717) is 0 Å². The highest BCUT2D eigenvalue weighted by Crippen LogP contribution is 2.14. The van der Waals surface area contributed by atoms with Gasteiger partial charge in [-0.05, 0) is 24.3 Å². The molecule has 0 rings (SSSR count). The predicted octanol–water partition coefficient (Wildman–Crippen LogP) is 13.8. The van der Waals surface area contributed by atoms with Crippen LogP contribution >= 0.6 is 25.3 Å². The van der Waals surface area contributed by atoms with E-state index in [0.717, 1.165) is 11.5 Å². The third-order valence-corrected chi connectivity index (χ3v) is 8.26. The number of carbonyl (C=O) groups is 2. The molecule has 0 heterocycles. The van der Waals surface area contributed by atoms with Crippen molar-refractivity contribution in [2.24, 2.45) is 0 Å². The van der Waals surface area contributed by atoms with Gasteiger partial charge in [-0.15, -0.1) is 0 Å². The topological polar surface area (TPSA) is 74.6 Å². The zero-order valence-electron chi connectivity index (χ0n) is 30.2. The number of hydrogen-bond acceptors (Lipinski definition) is 4. The Balaban J connectivity index is -0.000000278. The van der Waals surface area contributed by atoms with Gasteiger partial charge in [0.05, 0.1) is 0 Å². The van der Waals surface area contributed by atoms with Gasteiger partial charge in [0.1, 0.15) is 0 Å². The van der Waals surface area contributed by atoms with Gasteiger partial charge >= 0.3 is 11.9 Å². The summed E-state index contributed by atoms with van der Waals surface area (Å²) in [6, 6.07) is 0. The van der Waals surface area contributed by atoms with Gasteiger partial charge in [0.2, 0.25) is 0 Å². The molecule has 44 heavy (non-hydrogen) atoms. The normalized spacial score (nSPS) is 10.1. The lowest BCUT2D eigenvalue weighted by Crippen LogP contribution is -1.86. The second kappa shape index (κ2) is 52.2. The Morgan fingerprint density at radius 1 is 0.341 bits per heavy atom. The van der Waals surface area contributed by atoms with Crippen molar-refractivity contribution in [3.05, 3.63) is 0 Å². The van der Waals surface area contributed by atoms with Crippen molar-refractivity contribution in [3.63, 3.8) is 0 Å². The molecule has 0 aromatic carbocycles. The van der Waals surface area contributed by atoms with E-state index in [2.05, 4.69) is 39.1 Å². The van der Waals surface area contributed by atoms with Gasteiger partial charge < -0.3 is 10.2 Å². The molecule has 0 saturated carbocycles. The van der Waals surface area contributed by atoms with Crippen molar-refractivity contribution in [1.82, 2.24) is 0 Å². The summed E-state index contributed by atoms with van der Waals surface area (Å²) in [5.41, 5.74) is 0. The molecule has 0 spiro atoms. The summed E-state index contributed by atoms with van der Waals surface area (Å²) < 4.78 is 0. The lowest BCUT2D eigenvalue weighted by molar-refractivity contribution is -0.137. The Hall–Kier alpha value is -0.360. The number of unbranched alkanes of at least 4 members (excludes halogenated alkanes) is 26. The van der Waals surface area contributed by atoms with Gasteiger partial charge in [-0.2, -0.15) is 25.3 Å². The molecule has 0 aromatic rings. The third-order valence-electron chi connectivity index (χ3n) is 7.63. The molecule has 0 aliphatic heterocycles. The minimum Gasteiger partial charge on any atom is -0.481 e. The van der Waals surface area contributed by atoms with Gasteiger partial charge in [0, 0.05) is 12.8 Å². The lowest BCUT2D eigenvalue weighted by Gasteiger charge is -2.02. The van der Waals surface area contributed by atoms with Crippen LogP contribution in [0, 0.1) is 0 Å². The van der Waals surface area contributed by atoms with Crippen LogP contribution in [0.3, 0.4) is 0 Å². The summed E-state index contributed by atoms with van der Waals surface area (Å²) in [6.07, 6.45) is 40.7. The van der Waals surface area contributed by atoms with E-state index in [1.165, 1.54) is 180 Å². The first-order chi connectivity index (χ1) is 21.4. The average molecular weight is 665 g/mol. The number of carboxylic acids is 2. The molecular weight excluding hydrogens is 585 g/mol. The number of thiol groups is 2. The van der Waals surface area contributed by atoms with Gasteiger partial charge in [-0.25, -0.2) is 0 Å². The van der Waals surface area contributed by atoms with E-state index in [9.17, 15) is 9.59 Å². The fourth-order valence-corrected chi connectivity index (χ4v) is 5.06. The molecule has 0 bridgehead atoms. The Kier molecular flexibility index (Phi) is 59.9. The summed E-state index contributed by atoms with van der Waals surface area (Å²) in [7, 11) is 0. The third kappa shape index (κ3) is 68.7. The van der Waals surface area contributed by atoms with Crippen molar-refractivity contribution in [3.8, 4) is 0 Å². The second-order valence-corrected chi connectivity index (χ2v) is 13.0. The number of aliphatic carboxylic acids is 2. The summed E-state index contributed by atoms with van der Waals surface area (Å²) >= 11 is 8.47. The smallest absolute Gasteiger partial charge is 0.303 e. The molecule has 0 amide bonds. The highest BCUT2D eigenvalue weighted by molar-refractivity contribution is 7.80. The van der Waals surface area contributed by atoms with Crippen molar-refractivity contribution >= 4 is 37.2 Å². The Labute approximate surface area is 287 Å². The zero-order chi connectivity index (χ0) is 33.8. The quantitative estimate of drug-likeness (QED) is 0.0455. The van der Waals surface area contributed by atoms with E-state index in [1.807, 2.05) is 0 Å². The van der Waals surface area contributed by atoms with E-state index in [-0.39, 0.29) is 12.8 Å². The van der Waals surface area contributed by atoms with E-state index in [1.54, 1.807) is 13.8 Å². The fraction of sp³-hybridized carbons (Fsp3) is 0.947. The second-order valence-electron chi connectivity index (χ2n) is 12.1. The molecule has 4 nitrogen and oxygen atoms in total. The number of hydrogen-bond donors (Lipinski definition) is 4. The molecule has 0 aromatic heterocycles. The van der Waals surface area contributed by atoms with Gasteiger partial charge in [0.15, 0.2) is 0 Å². The van der Waals surface area contributed by atoms with Gasteiger partial charge in [0.25, 0.3) is 0 Å². The van der Waals surface area contributed by atoms with E-state index < -0.39 is 11.9 Å². The fourth-order valence-electron chi connectivity index (χ4n) is 4.61. The molecule has 0 unspecified atom stereocenters. The Morgan fingerprint density at radius 2 is 0.477 bits per heavy atom. The van der Waals surface area contributed by atoms with Gasteiger partial charge in [-0.1, -0.05) is 195 Å². The summed E-state index contributed by atoms with van der Waals surface area (Å²) in [5.74, 6) is 0.644. The summed E-state index contributed by atoms with van der Waals surface area (Å²) in [5, 5.41) is 15.4. The standard InChI is InChI=1S/2C16H34S.2C3H6O2/c2*1-2-3-4-5-6-7-8-9-10-11-12-13-14-15-16-17;2*1-2-3(4)5/h2*17H,2-16H2,1H3;2*2H2,1H3,(H,4,5).